The molecule has 0 aromatic rings. The topological polar surface area (TPSA) is 66.6 Å². The largest absolute Gasteiger partial charge is 0.395 e. The summed E-state index contributed by atoms with van der Waals surface area (Å²) >= 11 is 0. The van der Waals surface area contributed by atoms with E-state index in [-0.39, 0.29) is 19.7 Å². The monoisotopic (exact) mass is 210 g/mol. The van der Waals surface area contributed by atoms with Crippen LogP contribution >= 0.6 is 0 Å². The van der Waals surface area contributed by atoms with E-state index in [0.29, 0.717) is 0 Å². The number of halogens is 2. The SMILES string of the molecule is CC(CN(CCO)CC(F)F)C(N)=O. The molecule has 0 heterocycles. The van der Waals surface area contributed by atoms with Crippen molar-refractivity contribution in [3.05, 3.63) is 0 Å². The van der Waals surface area contributed by atoms with Crippen molar-refractivity contribution in [2.75, 3.05) is 26.2 Å². The molecule has 4 nitrogen and oxygen atoms in total. The van der Waals surface area contributed by atoms with Crippen LogP contribution in [0.2, 0.25) is 0 Å². The number of alkyl halides is 2. The molecule has 0 saturated heterocycles. The van der Waals surface area contributed by atoms with E-state index in [1.165, 1.54) is 4.90 Å². The van der Waals surface area contributed by atoms with Gasteiger partial charge in [0.1, 0.15) is 0 Å². The fourth-order valence-corrected chi connectivity index (χ4v) is 1.07. The van der Waals surface area contributed by atoms with Crippen molar-refractivity contribution in [3.8, 4) is 0 Å². The van der Waals surface area contributed by atoms with Crippen LogP contribution in [-0.4, -0.2) is 48.6 Å². The van der Waals surface area contributed by atoms with Crippen molar-refractivity contribution in [2.45, 2.75) is 13.3 Å². The van der Waals surface area contributed by atoms with Crippen LogP contribution in [0.4, 0.5) is 8.78 Å². The lowest BCUT2D eigenvalue weighted by Gasteiger charge is -2.22. The summed E-state index contributed by atoms with van der Waals surface area (Å²) in [5, 5.41) is 8.60. The molecule has 3 N–H and O–H groups in total. The van der Waals surface area contributed by atoms with Gasteiger partial charge >= 0.3 is 0 Å². The molecule has 84 valence electrons. The minimum atomic E-state index is -2.47. The number of rotatable bonds is 7. The Balaban J connectivity index is 4.01. The first-order valence-electron chi connectivity index (χ1n) is 4.38. The number of aliphatic hydroxyl groups excluding tert-OH is 1. The van der Waals surface area contributed by atoms with E-state index in [0.717, 1.165) is 0 Å². The van der Waals surface area contributed by atoms with Crippen molar-refractivity contribution >= 4 is 5.91 Å². The van der Waals surface area contributed by atoms with Gasteiger partial charge in [0, 0.05) is 19.0 Å². The zero-order chi connectivity index (χ0) is 11.1. The van der Waals surface area contributed by atoms with Crippen LogP contribution in [0.15, 0.2) is 0 Å². The zero-order valence-corrected chi connectivity index (χ0v) is 8.12. The third-order valence-corrected chi connectivity index (χ3v) is 1.83. The summed E-state index contributed by atoms with van der Waals surface area (Å²) in [6, 6.07) is 0. The number of hydrogen-bond donors (Lipinski definition) is 2. The molecule has 0 saturated carbocycles. The lowest BCUT2D eigenvalue weighted by molar-refractivity contribution is -0.122. The summed E-state index contributed by atoms with van der Waals surface area (Å²) in [5.41, 5.74) is 5.00. The molecular formula is C8H16F2N2O2. The highest BCUT2D eigenvalue weighted by atomic mass is 19.3. The van der Waals surface area contributed by atoms with Gasteiger partial charge in [-0.15, -0.1) is 0 Å². The molecule has 0 spiro atoms. The molecule has 0 rings (SSSR count). The molecule has 0 aliphatic heterocycles. The molecule has 0 aliphatic rings. The summed E-state index contributed by atoms with van der Waals surface area (Å²) in [7, 11) is 0. The summed E-state index contributed by atoms with van der Waals surface area (Å²) < 4.78 is 24.0. The lowest BCUT2D eigenvalue weighted by Crippen LogP contribution is -2.38. The number of primary amides is 1. The molecule has 0 bridgehead atoms. The smallest absolute Gasteiger partial charge is 0.251 e. The maximum absolute atomic E-state index is 12.0. The Morgan fingerprint density at radius 2 is 2.07 bits per heavy atom. The maximum Gasteiger partial charge on any atom is 0.251 e. The molecule has 1 amide bonds. The number of nitrogens with two attached hydrogens (primary N) is 1. The Labute approximate surface area is 81.7 Å². The predicted molar refractivity (Wildman–Crippen MR) is 47.9 cm³/mol. The van der Waals surface area contributed by atoms with Crippen LogP contribution in [0.1, 0.15) is 6.92 Å². The first-order chi connectivity index (χ1) is 6.47. The second-order valence-electron chi connectivity index (χ2n) is 3.18. The standard InChI is InChI=1S/C8H16F2N2O2/c1-6(8(11)14)4-12(2-3-13)5-7(9)10/h6-7,13H,2-5H2,1H3,(H2,11,14). The van der Waals surface area contributed by atoms with E-state index >= 15 is 0 Å². The third kappa shape index (κ3) is 5.82. The van der Waals surface area contributed by atoms with E-state index < -0.39 is 24.8 Å². The van der Waals surface area contributed by atoms with Crippen LogP contribution in [0, 0.1) is 5.92 Å². The number of amides is 1. The Morgan fingerprint density at radius 3 is 2.43 bits per heavy atom. The van der Waals surface area contributed by atoms with Gasteiger partial charge in [0.2, 0.25) is 5.91 Å². The van der Waals surface area contributed by atoms with E-state index in [9.17, 15) is 13.6 Å². The van der Waals surface area contributed by atoms with Gasteiger partial charge in [-0.3, -0.25) is 9.69 Å². The summed E-state index contributed by atoms with van der Waals surface area (Å²) in [5.74, 6) is -1.01. The second-order valence-corrected chi connectivity index (χ2v) is 3.18. The van der Waals surface area contributed by atoms with E-state index in [4.69, 9.17) is 10.8 Å². The lowest BCUT2D eigenvalue weighted by atomic mass is 10.1. The molecule has 14 heavy (non-hydrogen) atoms. The first-order valence-corrected chi connectivity index (χ1v) is 4.38. The van der Waals surface area contributed by atoms with Gasteiger partial charge in [0.05, 0.1) is 13.2 Å². The quantitative estimate of drug-likeness (QED) is 0.604. The number of carbonyl (C=O) groups is 1. The Morgan fingerprint density at radius 1 is 1.50 bits per heavy atom. The van der Waals surface area contributed by atoms with Crippen LogP contribution in [0.25, 0.3) is 0 Å². The maximum atomic E-state index is 12.0. The highest BCUT2D eigenvalue weighted by Crippen LogP contribution is 2.03. The van der Waals surface area contributed by atoms with Crippen molar-refractivity contribution in [2.24, 2.45) is 11.7 Å². The molecule has 0 aromatic heterocycles. The Hall–Kier alpha value is -0.750. The van der Waals surface area contributed by atoms with E-state index in [1.807, 2.05) is 0 Å². The minimum Gasteiger partial charge on any atom is -0.395 e. The Kier molecular flexibility index (Phi) is 6.31. The van der Waals surface area contributed by atoms with Crippen molar-refractivity contribution in [1.29, 1.82) is 0 Å². The fraction of sp³-hybridized carbons (Fsp3) is 0.875. The Bertz CT molecular complexity index is 179. The zero-order valence-electron chi connectivity index (χ0n) is 8.12. The van der Waals surface area contributed by atoms with Crippen molar-refractivity contribution in [1.82, 2.24) is 4.90 Å². The normalized spacial score (nSPS) is 13.6. The van der Waals surface area contributed by atoms with Gasteiger partial charge in [-0.05, 0) is 0 Å². The van der Waals surface area contributed by atoms with Gasteiger partial charge < -0.3 is 10.8 Å². The predicted octanol–water partition coefficient (Wildman–Crippen LogP) is -0.333. The first kappa shape index (κ1) is 13.2. The van der Waals surface area contributed by atoms with E-state index in [2.05, 4.69) is 0 Å². The minimum absolute atomic E-state index is 0.127. The number of nitrogens with zero attached hydrogens (tertiary/aromatic N) is 1. The molecule has 6 heteroatoms. The molecule has 0 radical (unpaired) electrons. The summed E-state index contributed by atoms with van der Waals surface area (Å²) in [4.78, 5) is 12.0. The van der Waals surface area contributed by atoms with Crippen molar-refractivity contribution < 1.29 is 18.7 Å². The van der Waals surface area contributed by atoms with Gasteiger partial charge in [-0.2, -0.15) is 0 Å². The molecule has 0 aliphatic carbocycles. The molecule has 1 unspecified atom stereocenters. The summed E-state index contributed by atoms with van der Waals surface area (Å²) in [6.45, 7) is 1.19. The summed E-state index contributed by atoms with van der Waals surface area (Å²) in [6.07, 6.45) is -2.47. The third-order valence-electron chi connectivity index (χ3n) is 1.83. The molecule has 0 aromatic carbocycles. The van der Waals surface area contributed by atoms with Crippen LogP contribution < -0.4 is 5.73 Å². The van der Waals surface area contributed by atoms with E-state index in [1.54, 1.807) is 6.92 Å². The number of hydrogen-bond acceptors (Lipinski definition) is 3. The highest BCUT2D eigenvalue weighted by molar-refractivity contribution is 5.76. The van der Waals surface area contributed by atoms with Gasteiger partial charge in [-0.1, -0.05) is 6.92 Å². The van der Waals surface area contributed by atoms with Gasteiger partial charge in [0.15, 0.2) is 0 Å². The number of aliphatic hydroxyl groups is 1. The number of carbonyl (C=O) groups excluding carboxylic acids is 1. The van der Waals surface area contributed by atoms with Crippen LogP contribution in [-0.2, 0) is 4.79 Å². The van der Waals surface area contributed by atoms with Crippen LogP contribution in [0.5, 0.6) is 0 Å². The molecule has 0 fully saturated rings. The van der Waals surface area contributed by atoms with Gasteiger partial charge in [-0.25, -0.2) is 8.78 Å². The fourth-order valence-electron chi connectivity index (χ4n) is 1.07. The van der Waals surface area contributed by atoms with Gasteiger partial charge in [0.25, 0.3) is 6.43 Å². The average Bonchev–Trinajstić information content (AvgIpc) is 2.02. The second kappa shape index (κ2) is 6.67. The molecule has 1 atom stereocenters. The highest BCUT2D eigenvalue weighted by Gasteiger charge is 2.17. The van der Waals surface area contributed by atoms with Crippen LogP contribution in [0.3, 0.4) is 0 Å². The molecular weight excluding hydrogens is 194 g/mol. The van der Waals surface area contributed by atoms with Crippen molar-refractivity contribution in [3.63, 3.8) is 0 Å². The average molecular weight is 210 g/mol.